The van der Waals surface area contributed by atoms with Crippen LogP contribution in [-0.4, -0.2) is 13.0 Å². The van der Waals surface area contributed by atoms with Crippen molar-refractivity contribution in [2.75, 3.05) is 0 Å². The Morgan fingerprint density at radius 1 is 1.46 bits per heavy atom. The minimum absolute atomic E-state index is 0.354. The first-order chi connectivity index (χ1) is 5.90. The van der Waals surface area contributed by atoms with Crippen molar-refractivity contribution in [1.29, 1.82) is 0 Å². The molecule has 0 saturated carbocycles. The molecule has 0 spiro atoms. The third-order valence-electron chi connectivity index (χ3n) is 1.39. The SMILES string of the molecule is O=S(=O)(O)Cc1c(Br)cccc1I. The average molecular weight is 377 g/mol. The van der Waals surface area contributed by atoms with Crippen LogP contribution in [0.1, 0.15) is 5.56 Å². The molecule has 1 aromatic rings. The zero-order chi connectivity index (χ0) is 10.1. The van der Waals surface area contributed by atoms with Crippen LogP contribution in [0.5, 0.6) is 0 Å². The zero-order valence-electron chi connectivity index (χ0n) is 6.37. The first-order valence-corrected chi connectivity index (χ1v) is 6.76. The smallest absolute Gasteiger partial charge is 0.269 e. The second-order valence-electron chi connectivity index (χ2n) is 2.43. The lowest BCUT2D eigenvalue weighted by atomic mass is 10.2. The lowest BCUT2D eigenvalue weighted by molar-refractivity contribution is 0.482. The highest BCUT2D eigenvalue weighted by molar-refractivity contribution is 14.1. The Labute approximate surface area is 98.6 Å². The van der Waals surface area contributed by atoms with Crippen LogP contribution in [0.15, 0.2) is 22.7 Å². The molecule has 13 heavy (non-hydrogen) atoms. The van der Waals surface area contributed by atoms with Crippen molar-refractivity contribution < 1.29 is 13.0 Å². The fourth-order valence-corrected chi connectivity index (χ4v) is 3.54. The summed E-state index contributed by atoms with van der Waals surface area (Å²) in [5.41, 5.74) is 0.589. The van der Waals surface area contributed by atoms with Crippen molar-refractivity contribution in [3.05, 3.63) is 31.8 Å². The number of hydrogen-bond donors (Lipinski definition) is 1. The van der Waals surface area contributed by atoms with Gasteiger partial charge in [-0.3, -0.25) is 4.55 Å². The Morgan fingerprint density at radius 3 is 2.54 bits per heavy atom. The minimum Gasteiger partial charge on any atom is -0.285 e. The van der Waals surface area contributed by atoms with Crippen LogP contribution in [0.4, 0.5) is 0 Å². The molecule has 6 heteroatoms. The molecule has 0 aliphatic rings. The average Bonchev–Trinajstić information content (AvgIpc) is 1.95. The molecule has 0 aliphatic heterocycles. The van der Waals surface area contributed by atoms with Crippen LogP contribution >= 0.6 is 38.5 Å². The molecule has 0 bridgehead atoms. The predicted molar refractivity (Wildman–Crippen MR) is 62.1 cm³/mol. The van der Waals surface area contributed by atoms with Crippen LogP contribution in [-0.2, 0) is 15.9 Å². The molecule has 0 aromatic heterocycles. The van der Waals surface area contributed by atoms with Crippen LogP contribution in [0.2, 0.25) is 0 Å². The molecular weight excluding hydrogens is 371 g/mol. The lowest BCUT2D eigenvalue weighted by Gasteiger charge is -2.04. The highest BCUT2D eigenvalue weighted by Gasteiger charge is 2.12. The van der Waals surface area contributed by atoms with Gasteiger partial charge in [-0.2, -0.15) is 8.42 Å². The molecule has 0 fully saturated rings. The van der Waals surface area contributed by atoms with Gasteiger partial charge in [0.2, 0.25) is 0 Å². The largest absolute Gasteiger partial charge is 0.285 e. The van der Waals surface area contributed by atoms with Gasteiger partial charge >= 0.3 is 0 Å². The molecule has 0 saturated heterocycles. The van der Waals surface area contributed by atoms with E-state index < -0.39 is 10.1 Å². The summed E-state index contributed by atoms with van der Waals surface area (Å²) in [6.07, 6.45) is 0. The van der Waals surface area contributed by atoms with E-state index in [1.165, 1.54) is 0 Å². The third kappa shape index (κ3) is 3.53. The predicted octanol–water partition coefficient (Wildman–Crippen LogP) is 2.44. The van der Waals surface area contributed by atoms with Gasteiger partial charge in [0.05, 0.1) is 0 Å². The van der Waals surface area contributed by atoms with Gasteiger partial charge in [0, 0.05) is 8.04 Å². The molecule has 1 N–H and O–H groups in total. The van der Waals surface area contributed by atoms with Gasteiger partial charge < -0.3 is 0 Å². The van der Waals surface area contributed by atoms with E-state index in [9.17, 15) is 8.42 Å². The fourth-order valence-electron chi connectivity index (χ4n) is 0.853. The summed E-state index contributed by atoms with van der Waals surface area (Å²) in [5, 5.41) is 0. The number of benzene rings is 1. The first kappa shape index (κ1) is 11.4. The second-order valence-corrected chi connectivity index (χ2v) is 5.90. The van der Waals surface area contributed by atoms with Crippen molar-refractivity contribution >= 4 is 48.6 Å². The summed E-state index contributed by atoms with van der Waals surface area (Å²) in [6, 6.07) is 5.33. The normalized spacial score (nSPS) is 11.6. The van der Waals surface area contributed by atoms with Crippen LogP contribution in [0, 0.1) is 3.57 Å². The summed E-state index contributed by atoms with van der Waals surface area (Å²) >= 11 is 5.24. The second kappa shape index (κ2) is 4.24. The van der Waals surface area contributed by atoms with Gasteiger partial charge in [0.15, 0.2) is 0 Å². The molecule has 72 valence electrons. The Bertz CT molecular complexity index is 395. The van der Waals surface area contributed by atoms with Crippen LogP contribution in [0.3, 0.4) is 0 Å². The monoisotopic (exact) mass is 376 g/mol. The van der Waals surface area contributed by atoms with E-state index in [1.807, 2.05) is 22.6 Å². The fraction of sp³-hybridized carbons (Fsp3) is 0.143. The summed E-state index contributed by atoms with van der Waals surface area (Å²) in [7, 11) is -3.96. The van der Waals surface area contributed by atoms with Gasteiger partial charge in [-0.1, -0.05) is 22.0 Å². The van der Waals surface area contributed by atoms with Gasteiger partial charge in [-0.25, -0.2) is 0 Å². The molecule has 1 aromatic carbocycles. The van der Waals surface area contributed by atoms with Crippen LogP contribution < -0.4 is 0 Å². The van der Waals surface area contributed by atoms with Crippen molar-refractivity contribution in [1.82, 2.24) is 0 Å². The maximum absolute atomic E-state index is 10.6. The quantitative estimate of drug-likeness (QED) is 0.637. The highest BCUT2D eigenvalue weighted by Crippen LogP contribution is 2.23. The van der Waals surface area contributed by atoms with Gasteiger partial charge in [0.1, 0.15) is 5.75 Å². The van der Waals surface area contributed by atoms with E-state index in [4.69, 9.17) is 4.55 Å². The summed E-state index contributed by atoms with van der Waals surface area (Å²) < 4.78 is 31.4. The summed E-state index contributed by atoms with van der Waals surface area (Å²) in [4.78, 5) is 0. The van der Waals surface area contributed by atoms with E-state index in [-0.39, 0.29) is 5.75 Å². The van der Waals surface area contributed by atoms with Gasteiger partial charge in [-0.05, 0) is 40.3 Å². The van der Waals surface area contributed by atoms with Crippen molar-refractivity contribution in [3.63, 3.8) is 0 Å². The van der Waals surface area contributed by atoms with Crippen molar-refractivity contribution in [3.8, 4) is 0 Å². The lowest BCUT2D eigenvalue weighted by Crippen LogP contribution is -2.03. The molecule has 0 amide bonds. The van der Waals surface area contributed by atoms with Gasteiger partial charge in [-0.15, -0.1) is 0 Å². The molecule has 0 heterocycles. The van der Waals surface area contributed by atoms with Crippen molar-refractivity contribution in [2.24, 2.45) is 0 Å². The molecule has 1 rings (SSSR count). The van der Waals surface area contributed by atoms with E-state index >= 15 is 0 Å². The Kier molecular flexibility index (Phi) is 3.73. The molecular formula is C7H6BrIO3S. The van der Waals surface area contributed by atoms with E-state index in [1.54, 1.807) is 18.2 Å². The Morgan fingerprint density at radius 2 is 2.08 bits per heavy atom. The standard InChI is InChI=1S/C7H6BrIO3S/c8-6-2-1-3-7(9)5(6)4-13(10,11)12/h1-3H,4H2,(H,10,11,12). The van der Waals surface area contributed by atoms with Crippen LogP contribution in [0.25, 0.3) is 0 Å². The Balaban J connectivity index is 3.15. The molecule has 0 aliphatic carbocycles. The van der Waals surface area contributed by atoms with Gasteiger partial charge in [0.25, 0.3) is 10.1 Å². The van der Waals surface area contributed by atoms with E-state index in [0.717, 1.165) is 3.57 Å². The maximum Gasteiger partial charge on any atom is 0.269 e. The topological polar surface area (TPSA) is 54.4 Å². The highest BCUT2D eigenvalue weighted by atomic mass is 127. The molecule has 0 atom stereocenters. The number of hydrogen-bond acceptors (Lipinski definition) is 2. The minimum atomic E-state index is -3.96. The first-order valence-electron chi connectivity index (χ1n) is 3.28. The Hall–Kier alpha value is 0.340. The number of halogens is 2. The zero-order valence-corrected chi connectivity index (χ0v) is 10.9. The summed E-state index contributed by atoms with van der Waals surface area (Å²) in [5.74, 6) is -0.354. The molecule has 0 radical (unpaired) electrons. The van der Waals surface area contributed by atoms with E-state index in [2.05, 4.69) is 15.9 Å². The van der Waals surface area contributed by atoms with Crippen molar-refractivity contribution in [2.45, 2.75) is 5.75 Å². The number of rotatable bonds is 2. The molecule has 3 nitrogen and oxygen atoms in total. The third-order valence-corrected chi connectivity index (χ3v) is 3.80. The summed E-state index contributed by atoms with van der Waals surface area (Å²) in [6.45, 7) is 0. The molecule has 0 unspecified atom stereocenters. The van der Waals surface area contributed by atoms with E-state index in [0.29, 0.717) is 10.0 Å². The maximum atomic E-state index is 10.6.